The van der Waals surface area contributed by atoms with Gasteiger partial charge in [0.2, 0.25) is 0 Å². The maximum Gasteiger partial charge on any atom is 0.255 e. The number of aryl methyl sites for hydroxylation is 1. The van der Waals surface area contributed by atoms with E-state index in [0.29, 0.717) is 11.5 Å². The second-order valence-corrected chi connectivity index (χ2v) is 5.76. The van der Waals surface area contributed by atoms with Crippen molar-refractivity contribution in [3.05, 3.63) is 69.6 Å². The molecule has 1 unspecified atom stereocenters. The van der Waals surface area contributed by atoms with E-state index in [4.69, 9.17) is 5.73 Å². The summed E-state index contributed by atoms with van der Waals surface area (Å²) in [6.45, 7) is 7.11. The first kappa shape index (κ1) is 15.5. The second-order valence-electron chi connectivity index (χ2n) is 5.76. The van der Waals surface area contributed by atoms with Gasteiger partial charge in [0.25, 0.3) is 5.56 Å². The molecular formula is C18H24N2O. The summed E-state index contributed by atoms with van der Waals surface area (Å²) in [7, 11) is 0. The van der Waals surface area contributed by atoms with Crippen molar-refractivity contribution in [2.75, 3.05) is 0 Å². The van der Waals surface area contributed by atoms with Gasteiger partial charge in [0.05, 0.1) is 6.04 Å². The number of hydrogen-bond acceptors (Lipinski definition) is 2. The molecule has 21 heavy (non-hydrogen) atoms. The predicted octanol–water partition coefficient (Wildman–Crippen LogP) is 3.43. The molecule has 0 saturated heterocycles. The summed E-state index contributed by atoms with van der Waals surface area (Å²) in [4.78, 5) is 12.4. The van der Waals surface area contributed by atoms with Crippen LogP contribution >= 0.6 is 0 Å². The molecule has 0 saturated carbocycles. The lowest BCUT2D eigenvalue weighted by Crippen LogP contribution is -2.28. The fourth-order valence-electron chi connectivity index (χ4n) is 2.48. The first-order valence-electron chi connectivity index (χ1n) is 7.59. The Morgan fingerprint density at radius 3 is 2.29 bits per heavy atom. The molecular weight excluding hydrogens is 260 g/mol. The maximum absolute atomic E-state index is 12.4. The van der Waals surface area contributed by atoms with Gasteiger partial charge in [-0.25, -0.2) is 0 Å². The van der Waals surface area contributed by atoms with E-state index >= 15 is 0 Å². The number of nitrogens with two attached hydrogens (primary N) is 1. The summed E-state index contributed by atoms with van der Waals surface area (Å²) in [6.07, 6.45) is 2.76. The summed E-state index contributed by atoms with van der Waals surface area (Å²) in [5.74, 6) is 0.494. The fraction of sp³-hybridized carbons (Fsp3) is 0.389. The largest absolute Gasteiger partial charge is 0.320 e. The van der Waals surface area contributed by atoms with Crippen LogP contribution in [-0.2, 0) is 6.54 Å². The van der Waals surface area contributed by atoms with Gasteiger partial charge in [-0.05, 0) is 29.5 Å². The summed E-state index contributed by atoms with van der Waals surface area (Å²) in [6, 6.07) is 11.6. The zero-order valence-electron chi connectivity index (χ0n) is 13.0. The van der Waals surface area contributed by atoms with Gasteiger partial charge in [-0.3, -0.25) is 4.79 Å². The van der Waals surface area contributed by atoms with Crippen molar-refractivity contribution in [2.24, 2.45) is 5.73 Å². The van der Waals surface area contributed by atoms with Crippen LogP contribution in [-0.4, -0.2) is 4.57 Å². The summed E-state index contributed by atoms with van der Waals surface area (Å²) >= 11 is 0. The highest BCUT2D eigenvalue weighted by molar-refractivity contribution is 5.32. The third-order valence-corrected chi connectivity index (χ3v) is 3.81. The van der Waals surface area contributed by atoms with Crippen LogP contribution in [0.25, 0.3) is 0 Å². The standard InChI is InChI=1S/C18H24N2O/c1-4-11-20-12-5-6-16(18(20)21)17(19)15-9-7-14(8-10-15)13(2)3/h5-10,12-13,17H,4,11,19H2,1-3H3. The summed E-state index contributed by atoms with van der Waals surface area (Å²) in [5, 5.41) is 0. The SMILES string of the molecule is CCCn1cccc(C(N)c2ccc(C(C)C)cc2)c1=O. The van der Waals surface area contributed by atoms with E-state index in [1.54, 1.807) is 4.57 Å². The van der Waals surface area contributed by atoms with Crippen molar-refractivity contribution in [3.8, 4) is 0 Å². The van der Waals surface area contributed by atoms with Crippen LogP contribution in [0, 0.1) is 0 Å². The average molecular weight is 284 g/mol. The zero-order chi connectivity index (χ0) is 15.4. The van der Waals surface area contributed by atoms with E-state index in [1.165, 1.54) is 5.56 Å². The van der Waals surface area contributed by atoms with Gasteiger partial charge in [-0.1, -0.05) is 51.1 Å². The van der Waals surface area contributed by atoms with Gasteiger partial charge >= 0.3 is 0 Å². The Balaban J connectivity index is 2.33. The molecule has 2 N–H and O–H groups in total. The van der Waals surface area contributed by atoms with Gasteiger partial charge in [-0.2, -0.15) is 0 Å². The Morgan fingerprint density at radius 1 is 1.10 bits per heavy atom. The average Bonchev–Trinajstić information content (AvgIpc) is 2.49. The van der Waals surface area contributed by atoms with Crippen molar-refractivity contribution in [1.29, 1.82) is 0 Å². The molecule has 1 aromatic heterocycles. The fourth-order valence-corrected chi connectivity index (χ4v) is 2.48. The number of pyridine rings is 1. The minimum Gasteiger partial charge on any atom is -0.320 e. The highest BCUT2D eigenvalue weighted by Crippen LogP contribution is 2.20. The normalized spacial score (nSPS) is 12.6. The van der Waals surface area contributed by atoms with Crippen molar-refractivity contribution < 1.29 is 0 Å². The molecule has 0 bridgehead atoms. The molecule has 0 aliphatic rings. The van der Waals surface area contributed by atoms with Crippen LogP contribution in [0.2, 0.25) is 0 Å². The lowest BCUT2D eigenvalue weighted by molar-refractivity contribution is 0.641. The Kier molecular flexibility index (Phi) is 4.97. The molecule has 0 fully saturated rings. The molecule has 2 aromatic rings. The third kappa shape index (κ3) is 3.42. The minimum atomic E-state index is -0.372. The summed E-state index contributed by atoms with van der Waals surface area (Å²) in [5.41, 5.74) is 9.22. The smallest absolute Gasteiger partial charge is 0.255 e. The van der Waals surface area contributed by atoms with Crippen molar-refractivity contribution in [3.63, 3.8) is 0 Å². The molecule has 0 radical (unpaired) electrons. The van der Waals surface area contributed by atoms with Crippen molar-refractivity contribution in [2.45, 2.75) is 45.7 Å². The lowest BCUT2D eigenvalue weighted by atomic mass is 9.96. The van der Waals surface area contributed by atoms with E-state index in [9.17, 15) is 4.79 Å². The van der Waals surface area contributed by atoms with E-state index in [2.05, 4.69) is 32.9 Å². The Hall–Kier alpha value is -1.87. The topological polar surface area (TPSA) is 48.0 Å². The van der Waals surface area contributed by atoms with Crippen molar-refractivity contribution in [1.82, 2.24) is 4.57 Å². The molecule has 3 nitrogen and oxygen atoms in total. The quantitative estimate of drug-likeness (QED) is 0.914. The maximum atomic E-state index is 12.4. The number of aromatic nitrogens is 1. The van der Waals surface area contributed by atoms with Crippen LogP contribution in [0.1, 0.15) is 55.8 Å². The highest BCUT2D eigenvalue weighted by Gasteiger charge is 2.14. The molecule has 0 aliphatic heterocycles. The number of benzene rings is 1. The third-order valence-electron chi connectivity index (χ3n) is 3.81. The van der Waals surface area contributed by atoms with Gasteiger partial charge in [0.15, 0.2) is 0 Å². The van der Waals surface area contributed by atoms with Crippen LogP contribution < -0.4 is 11.3 Å². The Labute approximate surface area is 126 Å². The van der Waals surface area contributed by atoms with E-state index in [-0.39, 0.29) is 11.6 Å². The molecule has 112 valence electrons. The first-order chi connectivity index (χ1) is 10.0. The van der Waals surface area contributed by atoms with Gasteiger partial charge < -0.3 is 10.3 Å². The molecule has 0 spiro atoms. The molecule has 0 amide bonds. The summed E-state index contributed by atoms with van der Waals surface area (Å²) < 4.78 is 1.73. The van der Waals surface area contributed by atoms with E-state index in [0.717, 1.165) is 18.5 Å². The van der Waals surface area contributed by atoms with Crippen LogP contribution in [0.15, 0.2) is 47.4 Å². The lowest BCUT2D eigenvalue weighted by Gasteiger charge is -2.15. The molecule has 2 rings (SSSR count). The second kappa shape index (κ2) is 6.72. The molecule has 1 aromatic carbocycles. The van der Waals surface area contributed by atoms with Gasteiger partial charge in [0, 0.05) is 18.3 Å². The number of rotatable bonds is 5. The van der Waals surface area contributed by atoms with E-state index < -0.39 is 0 Å². The molecule has 0 aliphatic carbocycles. The molecule has 3 heteroatoms. The number of hydrogen-bond donors (Lipinski definition) is 1. The van der Waals surface area contributed by atoms with Crippen molar-refractivity contribution >= 4 is 0 Å². The van der Waals surface area contributed by atoms with Crippen LogP contribution in [0.3, 0.4) is 0 Å². The zero-order valence-corrected chi connectivity index (χ0v) is 13.0. The molecule has 1 heterocycles. The van der Waals surface area contributed by atoms with E-state index in [1.807, 2.05) is 30.5 Å². The first-order valence-corrected chi connectivity index (χ1v) is 7.59. The monoisotopic (exact) mass is 284 g/mol. The Bertz CT molecular complexity index is 641. The minimum absolute atomic E-state index is 0.0137. The predicted molar refractivity (Wildman–Crippen MR) is 87.6 cm³/mol. The number of nitrogens with zero attached hydrogens (tertiary/aromatic N) is 1. The molecule has 1 atom stereocenters. The van der Waals surface area contributed by atoms with Gasteiger partial charge in [-0.15, -0.1) is 0 Å². The highest BCUT2D eigenvalue weighted by atomic mass is 16.1. The van der Waals surface area contributed by atoms with Crippen LogP contribution in [0.5, 0.6) is 0 Å². The van der Waals surface area contributed by atoms with Crippen LogP contribution in [0.4, 0.5) is 0 Å². The van der Waals surface area contributed by atoms with Gasteiger partial charge in [0.1, 0.15) is 0 Å². The Morgan fingerprint density at radius 2 is 1.71 bits per heavy atom.